The van der Waals surface area contributed by atoms with E-state index >= 15 is 0 Å². The van der Waals surface area contributed by atoms with Crippen LogP contribution in [0.5, 0.6) is 0 Å². The van der Waals surface area contributed by atoms with Crippen LogP contribution in [0.4, 0.5) is 22.0 Å². The van der Waals surface area contributed by atoms with Crippen LogP contribution in [0.15, 0.2) is 52.9 Å². The fraction of sp³-hybridized carbons (Fsp3) is 0.323. The molecule has 0 saturated heterocycles. The molecule has 42 heavy (non-hydrogen) atoms. The molecule has 11 heteroatoms. The third-order valence-electron chi connectivity index (χ3n) is 7.55. The van der Waals surface area contributed by atoms with Crippen molar-refractivity contribution in [3.05, 3.63) is 77.0 Å². The number of aromatic nitrogens is 1. The first-order valence-corrected chi connectivity index (χ1v) is 13.6. The van der Waals surface area contributed by atoms with E-state index in [-0.39, 0.29) is 44.8 Å². The van der Waals surface area contributed by atoms with Gasteiger partial charge in [-0.1, -0.05) is 25.3 Å². The highest BCUT2D eigenvalue weighted by Crippen LogP contribution is 2.38. The maximum atomic E-state index is 14.8. The molecule has 0 aliphatic heterocycles. The predicted molar refractivity (Wildman–Crippen MR) is 147 cm³/mol. The number of nitrogens with one attached hydrogen (secondary N) is 2. The summed E-state index contributed by atoms with van der Waals surface area (Å²) in [6.45, 7) is 0.383. The molecule has 0 spiro atoms. The molecule has 0 radical (unpaired) electrons. The van der Waals surface area contributed by atoms with E-state index in [1.54, 1.807) is 0 Å². The minimum atomic E-state index is -4.49. The standard InChI is InChI=1S/C31H28F5N3O3/c1-37-29(41)26-23-16-21(19-7-10-24(33)22(15-19)28(40)38-14-12-17-3-2-4-17)25(11-13-31(34,35)36)39-30(23)42-27(26)18-5-8-20(32)9-6-18/h5-10,15-17H,2-4,11-14H2,1H3,(H,37,41)(H,38,40). The Morgan fingerprint density at radius 2 is 1.71 bits per heavy atom. The summed E-state index contributed by atoms with van der Waals surface area (Å²) < 4.78 is 74.0. The Balaban J connectivity index is 1.61. The zero-order chi connectivity index (χ0) is 30.0. The summed E-state index contributed by atoms with van der Waals surface area (Å²) in [6, 6.07) is 10.3. The summed E-state index contributed by atoms with van der Waals surface area (Å²) in [5, 5.41) is 5.43. The summed E-state index contributed by atoms with van der Waals surface area (Å²) in [7, 11) is 1.40. The molecule has 1 saturated carbocycles. The number of hydrogen-bond donors (Lipinski definition) is 2. The topological polar surface area (TPSA) is 84.2 Å². The molecule has 220 valence electrons. The highest BCUT2D eigenvalue weighted by molar-refractivity contribution is 6.11. The highest BCUT2D eigenvalue weighted by Gasteiger charge is 2.29. The van der Waals surface area contributed by atoms with Gasteiger partial charge < -0.3 is 15.1 Å². The van der Waals surface area contributed by atoms with E-state index in [1.807, 2.05) is 0 Å². The predicted octanol–water partition coefficient (Wildman–Crippen LogP) is 7.21. The monoisotopic (exact) mass is 585 g/mol. The lowest BCUT2D eigenvalue weighted by molar-refractivity contribution is -0.134. The molecule has 1 aliphatic rings. The van der Waals surface area contributed by atoms with Gasteiger partial charge in [0.2, 0.25) is 5.71 Å². The van der Waals surface area contributed by atoms with Gasteiger partial charge in [-0.3, -0.25) is 9.59 Å². The molecule has 6 nitrogen and oxygen atoms in total. The van der Waals surface area contributed by atoms with Crippen LogP contribution in [-0.2, 0) is 6.42 Å². The number of aryl methyl sites for hydroxylation is 1. The van der Waals surface area contributed by atoms with Crippen molar-refractivity contribution in [3.8, 4) is 22.5 Å². The first-order valence-electron chi connectivity index (χ1n) is 13.6. The Kier molecular flexibility index (Phi) is 8.29. The third-order valence-corrected chi connectivity index (χ3v) is 7.55. The Morgan fingerprint density at radius 3 is 2.36 bits per heavy atom. The molecule has 2 aromatic carbocycles. The van der Waals surface area contributed by atoms with Gasteiger partial charge in [0.05, 0.1) is 22.2 Å². The number of amides is 2. The number of fused-ring (bicyclic) bond motifs is 1. The van der Waals surface area contributed by atoms with E-state index in [1.165, 1.54) is 49.5 Å². The number of hydrogen-bond acceptors (Lipinski definition) is 4. The lowest BCUT2D eigenvalue weighted by Crippen LogP contribution is -2.28. The maximum absolute atomic E-state index is 14.8. The normalized spacial score (nSPS) is 13.7. The number of carbonyl (C=O) groups is 2. The van der Waals surface area contributed by atoms with Crippen molar-refractivity contribution in [1.29, 1.82) is 0 Å². The summed E-state index contributed by atoms with van der Waals surface area (Å²) in [6.07, 6.45) is -2.06. The number of rotatable bonds is 9. The van der Waals surface area contributed by atoms with Crippen molar-refractivity contribution < 1.29 is 36.0 Å². The van der Waals surface area contributed by atoms with E-state index in [0.717, 1.165) is 31.7 Å². The number of furan rings is 1. The SMILES string of the molecule is CNC(=O)c1c(-c2ccc(F)cc2)oc2nc(CCC(F)(F)F)c(-c3ccc(F)c(C(=O)NCCC4CCC4)c3)cc12. The summed E-state index contributed by atoms with van der Waals surface area (Å²) in [5.74, 6) is -1.88. The van der Waals surface area contributed by atoms with Crippen molar-refractivity contribution in [2.24, 2.45) is 5.92 Å². The summed E-state index contributed by atoms with van der Waals surface area (Å²) in [4.78, 5) is 30.2. The number of nitrogens with zero attached hydrogens (tertiary/aromatic N) is 1. The first kappa shape index (κ1) is 29.2. The molecule has 2 heterocycles. The maximum Gasteiger partial charge on any atom is 0.389 e. The largest absolute Gasteiger partial charge is 0.437 e. The van der Waals surface area contributed by atoms with Gasteiger partial charge in [0.25, 0.3) is 11.8 Å². The average molecular weight is 586 g/mol. The lowest BCUT2D eigenvalue weighted by Gasteiger charge is -2.25. The van der Waals surface area contributed by atoms with Crippen molar-refractivity contribution >= 4 is 22.9 Å². The van der Waals surface area contributed by atoms with Crippen molar-refractivity contribution in [3.63, 3.8) is 0 Å². The van der Waals surface area contributed by atoms with Crippen molar-refractivity contribution in [1.82, 2.24) is 15.6 Å². The minimum Gasteiger partial charge on any atom is -0.437 e. The van der Waals surface area contributed by atoms with Crippen molar-refractivity contribution in [2.45, 2.75) is 44.7 Å². The van der Waals surface area contributed by atoms with Gasteiger partial charge in [-0.05, 0) is 66.8 Å². The molecule has 5 rings (SSSR count). The second kappa shape index (κ2) is 11.9. The number of benzene rings is 2. The van der Waals surface area contributed by atoms with Crippen LogP contribution < -0.4 is 10.6 Å². The second-order valence-corrected chi connectivity index (χ2v) is 10.4. The van der Waals surface area contributed by atoms with Crippen LogP contribution in [0, 0.1) is 17.6 Å². The molecule has 0 atom stereocenters. The fourth-order valence-corrected chi connectivity index (χ4v) is 5.05. The van der Waals surface area contributed by atoms with Crippen LogP contribution >= 0.6 is 0 Å². The van der Waals surface area contributed by atoms with Crippen LogP contribution in [-0.4, -0.2) is 36.6 Å². The van der Waals surface area contributed by atoms with E-state index in [0.29, 0.717) is 18.0 Å². The smallest absolute Gasteiger partial charge is 0.389 e. The van der Waals surface area contributed by atoms with Gasteiger partial charge >= 0.3 is 6.18 Å². The van der Waals surface area contributed by atoms with Gasteiger partial charge in [-0.2, -0.15) is 13.2 Å². The van der Waals surface area contributed by atoms with E-state index in [2.05, 4.69) is 15.6 Å². The zero-order valence-electron chi connectivity index (χ0n) is 22.7. The van der Waals surface area contributed by atoms with E-state index in [9.17, 15) is 31.5 Å². The lowest BCUT2D eigenvalue weighted by atomic mass is 9.83. The average Bonchev–Trinajstić information content (AvgIpc) is 3.30. The number of carbonyl (C=O) groups excluding carboxylic acids is 2. The Morgan fingerprint density at radius 1 is 1.00 bits per heavy atom. The van der Waals surface area contributed by atoms with Gasteiger partial charge in [0.1, 0.15) is 17.4 Å². The van der Waals surface area contributed by atoms with Crippen LogP contribution in [0.1, 0.15) is 58.5 Å². The number of halogens is 5. The summed E-state index contributed by atoms with van der Waals surface area (Å²) >= 11 is 0. The molecule has 4 aromatic rings. The molecule has 2 aromatic heterocycles. The fourth-order valence-electron chi connectivity index (χ4n) is 5.05. The number of pyridine rings is 1. The molecule has 0 bridgehead atoms. The molecule has 2 N–H and O–H groups in total. The number of alkyl halides is 3. The van der Waals surface area contributed by atoms with Gasteiger partial charge in [0, 0.05) is 31.1 Å². The molecule has 2 amide bonds. The third kappa shape index (κ3) is 6.29. The summed E-state index contributed by atoms with van der Waals surface area (Å²) in [5.41, 5.74) is 0.482. The zero-order valence-corrected chi connectivity index (χ0v) is 22.7. The Labute approximate surface area is 238 Å². The second-order valence-electron chi connectivity index (χ2n) is 10.4. The van der Waals surface area contributed by atoms with E-state index < -0.39 is 42.5 Å². The Hall–Kier alpha value is -4.28. The molecular weight excluding hydrogens is 557 g/mol. The quantitative estimate of drug-likeness (QED) is 0.203. The Bertz CT molecular complexity index is 1630. The highest BCUT2D eigenvalue weighted by atomic mass is 19.4. The van der Waals surface area contributed by atoms with Crippen molar-refractivity contribution in [2.75, 3.05) is 13.6 Å². The van der Waals surface area contributed by atoms with Crippen LogP contribution in [0.2, 0.25) is 0 Å². The van der Waals surface area contributed by atoms with Crippen LogP contribution in [0.3, 0.4) is 0 Å². The van der Waals surface area contributed by atoms with E-state index in [4.69, 9.17) is 4.42 Å². The van der Waals surface area contributed by atoms with Gasteiger partial charge in [-0.25, -0.2) is 13.8 Å². The molecule has 0 unspecified atom stereocenters. The van der Waals surface area contributed by atoms with Gasteiger partial charge in [0.15, 0.2) is 0 Å². The molecule has 1 aliphatic carbocycles. The molecular formula is C31H28F5N3O3. The van der Waals surface area contributed by atoms with Gasteiger partial charge in [-0.15, -0.1) is 0 Å². The minimum absolute atomic E-state index is 0.00867. The first-order chi connectivity index (χ1) is 20.0. The molecule has 1 fully saturated rings. The van der Waals surface area contributed by atoms with Crippen LogP contribution in [0.25, 0.3) is 33.6 Å².